The van der Waals surface area contributed by atoms with Crippen LogP contribution in [0.4, 0.5) is 8.78 Å². The summed E-state index contributed by atoms with van der Waals surface area (Å²) in [6.45, 7) is 0. The number of rotatable bonds is 4. The first-order valence-electron chi connectivity index (χ1n) is 7.12. The molecule has 0 aliphatic carbocycles. The molecule has 0 aliphatic heterocycles. The Bertz CT molecular complexity index is 676. The lowest BCUT2D eigenvalue weighted by molar-refractivity contribution is 0.624. The zero-order valence-electron chi connectivity index (χ0n) is 11.9. The third kappa shape index (κ3) is 3.37. The van der Waals surface area contributed by atoms with Crippen molar-refractivity contribution in [3.05, 3.63) is 101 Å². The lowest BCUT2D eigenvalue weighted by Gasteiger charge is -2.18. The molecule has 0 unspecified atom stereocenters. The standard InChI is InChI=1S/C19H15F2N/c20-17-5-1-15(2-6-17)19(13-14-9-11-22-12-10-14)16-3-7-18(21)8-4-16/h1-12,19H,13H2. The van der Waals surface area contributed by atoms with E-state index in [0.717, 1.165) is 23.1 Å². The SMILES string of the molecule is Fc1ccc(C(Cc2ccncc2)c2ccc(F)cc2)cc1. The third-order valence-electron chi connectivity index (χ3n) is 3.73. The Hall–Kier alpha value is -2.55. The van der Waals surface area contributed by atoms with E-state index in [1.165, 1.54) is 24.3 Å². The van der Waals surface area contributed by atoms with Gasteiger partial charge in [-0.05, 0) is 59.5 Å². The van der Waals surface area contributed by atoms with E-state index < -0.39 is 0 Å². The summed E-state index contributed by atoms with van der Waals surface area (Å²) in [5, 5.41) is 0. The second-order valence-electron chi connectivity index (χ2n) is 5.22. The molecule has 3 aromatic rings. The highest BCUT2D eigenvalue weighted by Gasteiger charge is 2.15. The molecule has 3 rings (SSSR count). The topological polar surface area (TPSA) is 12.9 Å². The highest BCUT2D eigenvalue weighted by Crippen LogP contribution is 2.28. The maximum Gasteiger partial charge on any atom is 0.123 e. The van der Waals surface area contributed by atoms with Gasteiger partial charge in [0.05, 0.1) is 0 Å². The Labute approximate surface area is 128 Å². The molecule has 0 atom stereocenters. The number of halogens is 2. The molecule has 1 nitrogen and oxygen atoms in total. The summed E-state index contributed by atoms with van der Waals surface area (Å²) in [7, 11) is 0. The highest BCUT2D eigenvalue weighted by molar-refractivity contribution is 5.35. The number of hydrogen-bond acceptors (Lipinski definition) is 1. The summed E-state index contributed by atoms with van der Waals surface area (Å²) in [6, 6.07) is 16.9. The Balaban J connectivity index is 1.97. The van der Waals surface area contributed by atoms with Gasteiger partial charge < -0.3 is 0 Å². The average molecular weight is 295 g/mol. The van der Waals surface area contributed by atoms with Gasteiger partial charge in [0.15, 0.2) is 0 Å². The maximum absolute atomic E-state index is 13.2. The Morgan fingerprint density at radius 3 is 1.59 bits per heavy atom. The van der Waals surface area contributed by atoms with Crippen LogP contribution in [0.15, 0.2) is 73.1 Å². The zero-order valence-corrected chi connectivity index (χ0v) is 11.9. The van der Waals surface area contributed by atoms with E-state index in [1.807, 2.05) is 12.1 Å². The number of aromatic nitrogens is 1. The van der Waals surface area contributed by atoms with E-state index in [9.17, 15) is 8.78 Å². The molecule has 0 N–H and O–H groups in total. The fraction of sp³-hybridized carbons (Fsp3) is 0.105. The van der Waals surface area contributed by atoms with Gasteiger partial charge >= 0.3 is 0 Å². The Morgan fingerprint density at radius 2 is 1.14 bits per heavy atom. The predicted molar refractivity (Wildman–Crippen MR) is 82.6 cm³/mol. The molecule has 0 aliphatic rings. The van der Waals surface area contributed by atoms with Crippen molar-refractivity contribution in [1.29, 1.82) is 0 Å². The van der Waals surface area contributed by atoms with Crippen LogP contribution < -0.4 is 0 Å². The third-order valence-corrected chi connectivity index (χ3v) is 3.73. The molecule has 0 saturated heterocycles. The molecule has 22 heavy (non-hydrogen) atoms. The lowest BCUT2D eigenvalue weighted by Crippen LogP contribution is -2.05. The summed E-state index contributed by atoms with van der Waals surface area (Å²) < 4.78 is 26.3. The van der Waals surface area contributed by atoms with E-state index in [-0.39, 0.29) is 17.6 Å². The first kappa shape index (κ1) is 14.4. The molecule has 0 amide bonds. The quantitative estimate of drug-likeness (QED) is 0.678. The largest absolute Gasteiger partial charge is 0.265 e. The monoisotopic (exact) mass is 295 g/mol. The van der Waals surface area contributed by atoms with Crippen LogP contribution in [0, 0.1) is 11.6 Å². The molecule has 0 radical (unpaired) electrons. The van der Waals surface area contributed by atoms with Gasteiger partial charge in [0.25, 0.3) is 0 Å². The minimum absolute atomic E-state index is 0.0450. The fourth-order valence-electron chi connectivity index (χ4n) is 2.57. The zero-order chi connectivity index (χ0) is 15.4. The van der Waals surface area contributed by atoms with Crippen molar-refractivity contribution < 1.29 is 8.78 Å². The Kier molecular flexibility index (Phi) is 4.24. The van der Waals surface area contributed by atoms with E-state index >= 15 is 0 Å². The first-order chi connectivity index (χ1) is 10.7. The Morgan fingerprint density at radius 1 is 0.682 bits per heavy atom. The van der Waals surface area contributed by atoms with Crippen molar-refractivity contribution in [1.82, 2.24) is 4.98 Å². The molecule has 0 fully saturated rings. The maximum atomic E-state index is 13.2. The normalized spacial score (nSPS) is 10.9. The summed E-state index contributed by atoms with van der Waals surface area (Å²) in [5.74, 6) is -0.473. The van der Waals surface area contributed by atoms with Crippen LogP contribution in [0.3, 0.4) is 0 Å². The first-order valence-corrected chi connectivity index (χ1v) is 7.12. The second-order valence-corrected chi connectivity index (χ2v) is 5.22. The number of benzene rings is 2. The van der Waals surface area contributed by atoms with E-state index in [2.05, 4.69) is 4.98 Å². The van der Waals surface area contributed by atoms with Crippen LogP contribution in [0.5, 0.6) is 0 Å². The van der Waals surface area contributed by atoms with Crippen molar-refractivity contribution in [2.24, 2.45) is 0 Å². The van der Waals surface area contributed by atoms with Crippen molar-refractivity contribution >= 4 is 0 Å². The van der Waals surface area contributed by atoms with Gasteiger partial charge in [0.2, 0.25) is 0 Å². The molecule has 0 spiro atoms. The molecule has 1 aromatic heterocycles. The van der Waals surface area contributed by atoms with E-state index in [4.69, 9.17) is 0 Å². The molecule has 2 aromatic carbocycles. The van der Waals surface area contributed by atoms with Gasteiger partial charge in [-0.3, -0.25) is 4.98 Å². The van der Waals surface area contributed by atoms with E-state index in [0.29, 0.717) is 0 Å². The molecule has 0 bridgehead atoms. The van der Waals surface area contributed by atoms with E-state index in [1.54, 1.807) is 36.7 Å². The summed E-state index contributed by atoms with van der Waals surface area (Å²) in [6.07, 6.45) is 4.25. The molecular weight excluding hydrogens is 280 g/mol. The van der Waals surface area contributed by atoms with Crippen LogP contribution >= 0.6 is 0 Å². The predicted octanol–water partition coefficient (Wildman–Crippen LogP) is 4.73. The minimum Gasteiger partial charge on any atom is -0.265 e. The van der Waals surface area contributed by atoms with Crippen molar-refractivity contribution in [2.45, 2.75) is 12.3 Å². The van der Waals surface area contributed by atoms with Gasteiger partial charge in [-0.2, -0.15) is 0 Å². The van der Waals surface area contributed by atoms with Gasteiger partial charge in [-0.15, -0.1) is 0 Å². The van der Waals surface area contributed by atoms with Crippen LogP contribution in [-0.2, 0) is 6.42 Å². The van der Waals surface area contributed by atoms with Crippen LogP contribution in [0.1, 0.15) is 22.6 Å². The second kappa shape index (κ2) is 6.48. The van der Waals surface area contributed by atoms with Crippen molar-refractivity contribution in [3.8, 4) is 0 Å². The molecule has 1 heterocycles. The summed E-state index contributed by atoms with van der Waals surface area (Å²) in [4.78, 5) is 4.02. The van der Waals surface area contributed by atoms with Crippen molar-refractivity contribution in [3.63, 3.8) is 0 Å². The fourth-order valence-corrected chi connectivity index (χ4v) is 2.57. The smallest absolute Gasteiger partial charge is 0.123 e. The number of hydrogen-bond donors (Lipinski definition) is 0. The number of pyridine rings is 1. The highest BCUT2D eigenvalue weighted by atomic mass is 19.1. The minimum atomic E-state index is -0.259. The van der Waals surface area contributed by atoms with Gasteiger partial charge in [0, 0.05) is 18.3 Å². The van der Waals surface area contributed by atoms with Crippen LogP contribution in [-0.4, -0.2) is 4.98 Å². The van der Waals surface area contributed by atoms with Crippen molar-refractivity contribution in [2.75, 3.05) is 0 Å². The molecular formula is C19H15F2N. The molecule has 110 valence electrons. The summed E-state index contributed by atoms with van der Waals surface area (Å²) >= 11 is 0. The lowest BCUT2D eigenvalue weighted by atomic mass is 9.86. The number of nitrogens with zero attached hydrogens (tertiary/aromatic N) is 1. The summed E-state index contributed by atoms with van der Waals surface area (Å²) in [5.41, 5.74) is 3.14. The molecule has 3 heteroatoms. The van der Waals surface area contributed by atoms with Gasteiger partial charge in [0.1, 0.15) is 11.6 Å². The van der Waals surface area contributed by atoms with Crippen LogP contribution in [0.2, 0.25) is 0 Å². The molecule has 0 saturated carbocycles. The van der Waals surface area contributed by atoms with Gasteiger partial charge in [-0.1, -0.05) is 24.3 Å². The average Bonchev–Trinajstić information content (AvgIpc) is 2.56. The van der Waals surface area contributed by atoms with Crippen LogP contribution in [0.25, 0.3) is 0 Å². The van der Waals surface area contributed by atoms with Gasteiger partial charge in [-0.25, -0.2) is 8.78 Å².